The molecular formula is C11H9F2NO. The molecule has 0 atom stereocenters. The summed E-state index contributed by atoms with van der Waals surface area (Å²) in [5.41, 5.74) is 0. The van der Waals surface area contributed by atoms with Gasteiger partial charge in [0, 0.05) is 11.6 Å². The van der Waals surface area contributed by atoms with Crippen molar-refractivity contribution in [2.75, 3.05) is 6.61 Å². The molecule has 0 aliphatic heterocycles. The molecule has 0 saturated carbocycles. The second-order valence-electron chi connectivity index (χ2n) is 3.04. The molecule has 0 saturated heterocycles. The second kappa shape index (κ2) is 3.81. The summed E-state index contributed by atoms with van der Waals surface area (Å²) in [6.45, 7) is 2.13. The Labute approximate surface area is 85.5 Å². The van der Waals surface area contributed by atoms with Crippen LogP contribution < -0.4 is 4.74 Å². The molecule has 1 aromatic carbocycles. The Bertz CT molecular complexity index is 499. The van der Waals surface area contributed by atoms with Crippen molar-refractivity contribution in [2.24, 2.45) is 0 Å². The molecule has 15 heavy (non-hydrogen) atoms. The van der Waals surface area contributed by atoms with Crippen molar-refractivity contribution in [2.45, 2.75) is 6.92 Å². The van der Waals surface area contributed by atoms with Crippen LogP contribution in [0.4, 0.5) is 8.78 Å². The quantitative estimate of drug-likeness (QED) is 0.709. The fourth-order valence-corrected chi connectivity index (χ4v) is 1.40. The number of hydrogen-bond donors (Lipinski definition) is 0. The van der Waals surface area contributed by atoms with Crippen molar-refractivity contribution in [3.8, 4) is 5.75 Å². The van der Waals surface area contributed by atoms with E-state index >= 15 is 0 Å². The van der Waals surface area contributed by atoms with Crippen LogP contribution in [0.5, 0.6) is 5.75 Å². The van der Waals surface area contributed by atoms with E-state index in [2.05, 4.69) is 4.98 Å². The lowest BCUT2D eigenvalue weighted by Crippen LogP contribution is -1.95. The van der Waals surface area contributed by atoms with E-state index in [9.17, 15) is 8.78 Å². The number of hydrogen-bond acceptors (Lipinski definition) is 2. The van der Waals surface area contributed by atoms with Gasteiger partial charge < -0.3 is 4.74 Å². The maximum atomic E-state index is 13.4. The minimum absolute atomic E-state index is 0.135. The highest BCUT2D eigenvalue weighted by Crippen LogP contribution is 2.25. The molecule has 1 aromatic heterocycles. The van der Waals surface area contributed by atoms with E-state index in [1.165, 1.54) is 12.3 Å². The van der Waals surface area contributed by atoms with Crippen LogP contribution in [0.25, 0.3) is 10.8 Å². The number of fused-ring (bicyclic) bond motifs is 1. The summed E-state index contributed by atoms with van der Waals surface area (Å²) in [5.74, 6) is -1.11. The normalized spacial score (nSPS) is 10.6. The van der Waals surface area contributed by atoms with Gasteiger partial charge in [0.25, 0.3) is 0 Å². The van der Waals surface area contributed by atoms with Gasteiger partial charge in [-0.05, 0) is 30.5 Å². The van der Waals surface area contributed by atoms with Gasteiger partial charge in [-0.2, -0.15) is 4.39 Å². The summed E-state index contributed by atoms with van der Waals surface area (Å²) in [6, 6.07) is 4.18. The van der Waals surface area contributed by atoms with Crippen LogP contribution in [-0.2, 0) is 0 Å². The van der Waals surface area contributed by atoms with Gasteiger partial charge in [0.2, 0.25) is 5.95 Å². The average Bonchev–Trinajstić information content (AvgIpc) is 2.21. The molecule has 0 spiro atoms. The lowest BCUT2D eigenvalue weighted by atomic mass is 10.1. The van der Waals surface area contributed by atoms with E-state index in [4.69, 9.17) is 4.74 Å². The van der Waals surface area contributed by atoms with Crippen LogP contribution in [0, 0.1) is 11.8 Å². The molecular weight excluding hydrogens is 200 g/mol. The molecule has 78 valence electrons. The summed E-state index contributed by atoms with van der Waals surface area (Å²) in [7, 11) is 0. The van der Waals surface area contributed by atoms with Crippen LogP contribution in [0.3, 0.4) is 0 Å². The molecule has 0 aliphatic rings. The van der Waals surface area contributed by atoms with Gasteiger partial charge in [0.05, 0.1) is 6.61 Å². The Balaban J connectivity index is 2.65. The zero-order chi connectivity index (χ0) is 10.8. The van der Waals surface area contributed by atoms with Gasteiger partial charge >= 0.3 is 0 Å². The first-order valence-electron chi connectivity index (χ1n) is 4.59. The Hall–Kier alpha value is -1.71. The van der Waals surface area contributed by atoms with Crippen molar-refractivity contribution in [1.82, 2.24) is 4.98 Å². The Morgan fingerprint density at radius 3 is 2.87 bits per heavy atom. The monoisotopic (exact) mass is 209 g/mol. The molecule has 0 bridgehead atoms. The summed E-state index contributed by atoms with van der Waals surface area (Å²) < 4.78 is 31.6. The molecule has 2 aromatic rings. The smallest absolute Gasteiger partial charge is 0.220 e. The lowest BCUT2D eigenvalue weighted by Gasteiger charge is -2.06. The van der Waals surface area contributed by atoms with Crippen LogP contribution in [0.2, 0.25) is 0 Å². The van der Waals surface area contributed by atoms with Crippen LogP contribution in [-0.4, -0.2) is 11.6 Å². The maximum absolute atomic E-state index is 13.4. The number of halogens is 2. The standard InChI is InChI=1S/C11H9F2NO/c1-2-15-10-5-7-3-4-14-11(13)8(7)6-9(10)12/h3-6H,2H2,1H3. The highest BCUT2D eigenvalue weighted by Gasteiger charge is 2.08. The predicted molar refractivity (Wildman–Crippen MR) is 52.8 cm³/mol. The van der Waals surface area contributed by atoms with E-state index in [1.807, 2.05) is 0 Å². The molecule has 4 heteroatoms. The van der Waals surface area contributed by atoms with Crippen LogP contribution in [0.15, 0.2) is 24.4 Å². The number of nitrogens with zero attached hydrogens (tertiary/aromatic N) is 1. The van der Waals surface area contributed by atoms with E-state index in [0.29, 0.717) is 12.0 Å². The molecule has 0 unspecified atom stereocenters. The summed E-state index contributed by atoms with van der Waals surface area (Å²) in [6.07, 6.45) is 1.34. The minimum atomic E-state index is -0.672. The van der Waals surface area contributed by atoms with E-state index in [1.54, 1.807) is 13.0 Å². The maximum Gasteiger partial charge on any atom is 0.220 e. The Morgan fingerprint density at radius 1 is 1.33 bits per heavy atom. The highest BCUT2D eigenvalue weighted by molar-refractivity contribution is 5.83. The predicted octanol–water partition coefficient (Wildman–Crippen LogP) is 2.91. The van der Waals surface area contributed by atoms with Crippen molar-refractivity contribution >= 4 is 10.8 Å². The summed E-state index contributed by atoms with van der Waals surface area (Å²) >= 11 is 0. The van der Waals surface area contributed by atoms with E-state index in [0.717, 1.165) is 6.07 Å². The molecule has 1 heterocycles. The molecule has 0 aliphatic carbocycles. The van der Waals surface area contributed by atoms with Crippen molar-refractivity contribution in [3.63, 3.8) is 0 Å². The van der Waals surface area contributed by atoms with Crippen LogP contribution in [0.1, 0.15) is 6.92 Å². The molecule has 0 amide bonds. The van der Waals surface area contributed by atoms with E-state index in [-0.39, 0.29) is 11.1 Å². The fraction of sp³-hybridized carbons (Fsp3) is 0.182. The zero-order valence-corrected chi connectivity index (χ0v) is 8.13. The van der Waals surface area contributed by atoms with Gasteiger partial charge in [-0.1, -0.05) is 0 Å². The van der Waals surface area contributed by atoms with Crippen LogP contribution >= 0.6 is 0 Å². The van der Waals surface area contributed by atoms with E-state index < -0.39 is 11.8 Å². The first-order valence-corrected chi connectivity index (χ1v) is 4.59. The summed E-state index contributed by atoms with van der Waals surface area (Å²) in [5, 5.41) is 0.741. The molecule has 0 radical (unpaired) electrons. The Morgan fingerprint density at radius 2 is 2.13 bits per heavy atom. The number of benzene rings is 1. The number of aromatic nitrogens is 1. The highest BCUT2D eigenvalue weighted by atomic mass is 19.1. The fourth-order valence-electron chi connectivity index (χ4n) is 1.40. The third-order valence-corrected chi connectivity index (χ3v) is 2.07. The summed E-state index contributed by atoms with van der Waals surface area (Å²) in [4.78, 5) is 3.45. The second-order valence-corrected chi connectivity index (χ2v) is 3.04. The topological polar surface area (TPSA) is 22.1 Å². The number of pyridine rings is 1. The first-order chi connectivity index (χ1) is 7.22. The van der Waals surface area contributed by atoms with Crippen molar-refractivity contribution < 1.29 is 13.5 Å². The molecule has 2 nitrogen and oxygen atoms in total. The lowest BCUT2D eigenvalue weighted by molar-refractivity contribution is 0.322. The molecule has 0 fully saturated rings. The average molecular weight is 209 g/mol. The molecule has 0 N–H and O–H groups in total. The van der Waals surface area contributed by atoms with Crippen molar-refractivity contribution in [1.29, 1.82) is 0 Å². The largest absolute Gasteiger partial charge is 0.491 e. The van der Waals surface area contributed by atoms with Gasteiger partial charge in [0.1, 0.15) is 0 Å². The SMILES string of the molecule is CCOc1cc2ccnc(F)c2cc1F. The van der Waals surface area contributed by atoms with Gasteiger partial charge in [0.15, 0.2) is 11.6 Å². The minimum Gasteiger partial charge on any atom is -0.491 e. The first kappa shape index (κ1) is 9.83. The number of rotatable bonds is 2. The van der Waals surface area contributed by atoms with Gasteiger partial charge in [-0.15, -0.1) is 0 Å². The van der Waals surface area contributed by atoms with Crippen molar-refractivity contribution in [3.05, 3.63) is 36.2 Å². The molecule has 2 rings (SSSR count). The third-order valence-electron chi connectivity index (χ3n) is 2.07. The van der Waals surface area contributed by atoms with Gasteiger partial charge in [-0.25, -0.2) is 9.37 Å². The third kappa shape index (κ3) is 1.75. The number of ether oxygens (including phenoxy) is 1. The zero-order valence-electron chi connectivity index (χ0n) is 8.13. The Kier molecular flexibility index (Phi) is 2.49. The van der Waals surface area contributed by atoms with Gasteiger partial charge in [-0.3, -0.25) is 0 Å².